The molecule has 0 amide bonds. The van der Waals surface area contributed by atoms with E-state index in [4.69, 9.17) is 16.3 Å². The van der Waals surface area contributed by atoms with Crippen LogP contribution in [0.25, 0.3) is 6.08 Å². The monoisotopic (exact) mass is 284 g/mol. The number of hydrogen-bond donors (Lipinski definition) is 0. The Morgan fingerprint density at radius 2 is 1.90 bits per heavy atom. The van der Waals surface area contributed by atoms with Crippen LogP contribution in [-0.4, -0.2) is 5.78 Å². The van der Waals surface area contributed by atoms with E-state index in [0.29, 0.717) is 22.1 Å². The second-order valence-corrected chi connectivity index (χ2v) is 5.11. The molecule has 0 radical (unpaired) electrons. The summed E-state index contributed by atoms with van der Waals surface area (Å²) in [5, 5.41) is 0.536. The smallest absolute Gasteiger partial charge is 0.232 e. The third-order valence-corrected chi connectivity index (χ3v) is 3.55. The van der Waals surface area contributed by atoms with Gasteiger partial charge in [0.05, 0.1) is 5.56 Å². The van der Waals surface area contributed by atoms with Gasteiger partial charge in [-0.3, -0.25) is 4.79 Å². The first-order chi connectivity index (χ1) is 9.67. The Hall–Kier alpha value is -2.06. The van der Waals surface area contributed by atoms with Gasteiger partial charge in [-0.1, -0.05) is 42.8 Å². The molecule has 3 heteroatoms. The largest absolute Gasteiger partial charge is 0.452 e. The van der Waals surface area contributed by atoms with Gasteiger partial charge in [0.25, 0.3) is 0 Å². The molecule has 2 aromatic rings. The molecule has 2 nitrogen and oxygen atoms in total. The van der Waals surface area contributed by atoms with Crippen molar-refractivity contribution in [2.75, 3.05) is 0 Å². The molecular weight excluding hydrogens is 272 g/mol. The first kappa shape index (κ1) is 12.9. The van der Waals surface area contributed by atoms with Gasteiger partial charge in [-0.15, -0.1) is 0 Å². The lowest BCUT2D eigenvalue weighted by atomic mass is 10.1. The number of Topliss-reactive ketones (excluding diaryl/α,β-unsaturated/α-hetero) is 1. The molecule has 3 rings (SSSR count). The molecule has 0 saturated heterocycles. The fourth-order valence-corrected chi connectivity index (χ4v) is 2.33. The summed E-state index contributed by atoms with van der Waals surface area (Å²) in [5.41, 5.74) is 2.74. The van der Waals surface area contributed by atoms with Crippen molar-refractivity contribution in [2.45, 2.75) is 13.3 Å². The topological polar surface area (TPSA) is 26.3 Å². The van der Waals surface area contributed by atoms with E-state index < -0.39 is 0 Å². The zero-order valence-corrected chi connectivity index (χ0v) is 11.8. The summed E-state index contributed by atoms with van der Waals surface area (Å²) in [6, 6.07) is 13.1. The first-order valence-corrected chi connectivity index (χ1v) is 6.88. The van der Waals surface area contributed by atoms with Gasteiger partial charge in [0.2, 0.25) is 5.78 Å². The molecule has 20 heavy (non-hydrogen) atoms. The minimum Gasteiger partial charge on any atom is -0.452 e. The second kappa shape index (κ2) is 5.14. The predicted molar refractivity (Wildman–Crippen MR) is 80.2 cm³/mol. The van der Waals surface area contributed by atoms with Gasteiger partial charge < -0.3 is 4.74 Å². The van der Waals surface area contributed by atoms with Gasteiger partial charge >= 0.3 is 0 Å². The Bertz CT molecular complexity index is 699. The molecule has 0 saturated carbocycles. The number of rotatable bonds is 2. The molecule has 0 atom stereocenters. The standard InChI is InChI=1S/C17H13ClO2/c1-2-11-3-5-12(6-4-11)9-16-17(19)14-10-13(18)7-8-15(14)20-16/h3-10H,2H2,1H3/b16-9-. The van der Waals surface area contributed by atoms with Crippen molar-refractivity contribution in [3.63, 3.8) is 0 Å². The Morgan fingerprint density at radius 1 is 1.15 bits per heavy atom. The molecule has 0 aromatic heterocycles. The van der Waals surface area contributed by atoms with Gasteiger partial charge in [-0.25, -0.2) is 0 Å². The second-order valence-electron chi connectivity index (χ2n) is 4.68. The summed E-state index contributed by atoms with van der Waals surface area (Å²) in [6.45, 7) is 2.11. The molecule has 2 aromatic carbocycles. The summed E-state index contributed by atoms with van der Waals surface area (Å²) in [5.74, 6) is 0.782. The molecule has 0 aliphatic carbocycles. The maximum absolute atomic E-state index is 12.2. The van der Waals surface area contributed by atoms with E-state index >= 15 is 0 Å². The molecule has 1 heterocycles. The van der Waals surface area contributed by atoms with Crippen LogP contribution in [0.3, 0.4) is 0 Å². The lowest BCUT2D eigenvalue weighted by molar-refractivity contribution is 0.101. The molecule has 0 fully saturated rings. The summed E-state index contributed by atoms with van der Waals surface area (Å²) in [6.07, 6.45) is 2.76. The Balaban J connectivity index is 1.92. The lowest BCUT2D eigenvalue weighted by Crippen LogP contribution is -1.98. The normalized spacial score (nSPS) is 15.3. The van der Waals surface area contributed by atoms with Gasteiger partial charge in [-0.05, 0) is 41.8 Å². The lowest BCUT2D eigenvalue weighted by Gasteiger charge is -2.00. The predicted octanol–water partition coefficient (Wildman–Crippen LogP) is 4.52. The average Bonchev–Trinajstić information content (AvgIpc) is 2.76. The fraction of sp³-hybridized carbons (Fsp3) is 0.118. The van der Waals surface area contributed by atoms with Crippen molar-refractivity contribution in [3.05, 3.63) is 69.9 Å². The number of aryl methyl sites for hydroxylation is 1. The Kier molecular flexibility index (Phi) is 3.33. The van der Waals surface area contributed by atoms with Gasteiger partial charge in [0, 0.05) is 5.02 Å². The van der Waals surface area contributed by atoms with Crippen LogP contribution in [0.1, 0.15) is 28.4 Å². The highest BCUT2D eigenvalue weighted by molar-refractivity contribution is 6.31. The van der Waals surface area contributed by atoms with Crippen LogP contribution in [0.4, 0.5) is 0 Å². The first-order valence-electron chi connectivity index (χ1n) is 6.50. The van der Waals surface area contributed by atoms with Crippen LogP contribution in [0.15, 0.2) is 48.2 Å². The van der Waals surface area contributed by atoms with E-state index in [1.54, 1.807) is 24.3 Å². The molecule has 1 aliphatic rings. The van der Waals surface area contributed by atoms with E-state index in [9.17, 15) is 4.79 Å². The third-order valence-electron chi connectivity index (χ3n) is 3.32. The Labute approximate surface area is 122 Å². The van der Waals surface area contributed by atoms with E-state index in [-0.39, 0.29) is 5.78 Å². The quantitative estimate of drug-likeness (QED) is 0.758. The van der Waals surface area contributed by atoms with Crippen LogP contribution in [0.5, 0.6) is 5.75 Å². The molecule has 0 unspecified atom stereocenters. The highest BCUT2D eigenvalue weighted by atomic mass is 35.5. The number of fused-ring (bicyclic) bond motifs is 1. The van der Waals surface area contributed by atoms with Crippen molar-refractivity contribution in [1.82, 2.24) is 0 Å². The van der Waals surface area contributed by atoms with E-state index in [2.05, 4.69) is 19.1 Å². The minimum atomic E-state index is -0.123. The number of ketones is 1. The van der Waals surface area contributed by atoms with Crippen LogP contribution >= 0.6 is 11.6 Å². The molecule has 100 valence electrons. The van der Waals surface area contributed by atoms with Crippen LogP contribution in [0, 0.1) is 0 Å². The van der Waals surface area contributed by atoms with Crippen molar-refractivity contribution in [3.8, 4) is 5.75 Å². The number of carbonyl (C=O) groups excluding carboxylic acids is 1. The molecular formula is C17H13ClO2. The van der Waals surface area contributed by atoms with Crippen LogP contribution < -0.4 is 4.74 Å². The summed E-state index contributed by atoms with van der Waals surface area (Å²) in [7, 11) is 0. The number of ether oxygens (including phenoxy) is 1. The van der Waals surface area contributed by atoms with Gasteiger partial charge in [0.15, 0.2) is 5.76 Å². The maximum Gasteiger partial charge on any atom is 0.232 e. The van der Waals surface area contributed by atoms with Crippen molar-refractivity contribution >= 4 is 23.5 Å². The minimum absolute atomic E-state index is 0.123. The molecule has 1 aliphatic heterocycles. The molecule has 0 bridgehead atoms. The zero-order chi connectivity index (χ0) is 14.1. The SMILES string of the molecule is CCc1ccc(/C=C2\Oc3ccc(Cl)cc3C2=O)cc1. The number of carbonyl (C=O) groups is 1. The van der Waals surface area contributed by atoms with Crippen molar-refractivity contribution in [2.24, 2.45) is 0 Å². The van der Waals surface area contributed by atoms with Crippen LogP contribution in [0.2, 0.25) is 5.02 Å². The van der Waals surface area contributed by atoms with E-state index in [1.807, 2.05) is 12.1 Å². The molecule has 0 spiro atoms. The van der Waals surface area contributed by atoms with E-state index in [0.717, 1.165) is 12.0 Å². The maximum atomic E-state index is 12.2. The van der Waals surface area contributed by atoms with Crippen molar-refractivity contribution < 1.29 is 9.53 Å². The van der Waals surface area contributed by atoms with Crippen LogP contribution in [-0.2, 0) is 6.42 Å². The highest BCUT2D eigenvalue weighted by Gasteiger charge is 2.27. The highest BCUT2D eigenvalue weighted by Crippen LogP contribution is 2.33. The summed E-state index contributed by atoms with van der Waals surface area (Å²) >= 11 is 5.90. The van der Waals surface area contributed by atoms with E-state index in [1.165, 1.54) is 5.56 Å². The summed E-state index contributed by atoms with van der Waals surface area (Å²) < 4.78 is 5.59. The van der Waals surface area contributed by atoms with Gasteiger partial charge in [-0.2, -0.15) is 0 Å². The zero-order valence-electron chi connectivity index (χ0n) is 11.0. The number of allylic oxidation sites excluding steroid dienone is 1. The van der Waals surface area contributed by atoms with Crippen molar-refractivity contribution in [1.29, 1.82) is 0 Å². The average molecular weight is 285 g/mol. The Morgan fingerprint density at radius 3 is 2.60 bits per heavy atom. The third kappa shape index (κ3) is 2.35. The number of halogens is 1. The number of benzene rings is 2. The summed E-state index contributed by atoms with van der Waals surface area (Å²) in [4.78, 5) is 12.2. The van der Waals surface area contributed by atoms with Gasteiger partial charge in [0.1, 0.15) is 5.75 Å². The molecule has 0 N–H and O–H groups in total. The fourth-order valence-electron chi connectivity index (χ4n) is 2.16. The number of hydrogen-bond acceptors (Lipinski definition) is 2.